The maximum absolute atomic E-state index is 12.3. The molecule has 0 saturated carbocycles. The van der Waals surface area contributed by atoms with Gasteiger partial charge in [0.2, 0.25) is 5.82 Å². The van der Waals surface area contributed by atoms with Crippen LogP contribution in [0.5, 0.6) is 0 Å². The Hall–Kier alpha value is -1.04. The zero-order valence-corrected chi connectivity index (χ0v) is 8.77. The molecule has 90 valence electrons. The van der Waals surface area contributed by atoms with Gasteiger partial charge in [-0.15, -0.1) is 0 Å². The Morgan fingerprint density at radius 2 is 2.00 bits per heavy atom. The Bertz CT molecular complexity index is 339. The lowest BCUT2D eigenvalue weighted by atomic mass is 9.93. The minimum Gasteiger partial charge on any atom is -0.338 e. The summed E-state index contributed by atoms with van der Waals surface area (Å²) in [7, 11) is 0. The number of aromatic nitrogens is 2. The van der Waals surface area contributed by atoms with Crippen LogP contribution in [-0.4, -0.2) is 23.1 Å². The second-order valence-corrected chi connectivity index (χ2v) is 4.15. The van der Waals surface area contributed by atoms with Crippen molar-refractivity contribution in [2.75, 3.05) is 13.1 Å². The van der Waals surface area contributed by atoms with E-state index in [4.69, 9.17) is 0 Å². The van der Waals surface area contributed by atoms with E-state index in [0.29, 0.717) is 18.0 Å². The molecule has 2 heterocycles. The minimum atomic E-state index is -4.37. The summed E-state index contributed by atoms with van der Waals surface area (Å²) >= 11 is 0. The van der Waals surface area contributed by atoms with Gasteiger partial charge in [0.15, 0.2) is 0 Å². The Balaban J connectivity index is 1.97. The van der Waals surface area contributed by atoms with Crippen molar-refractivity contribution in [3.8, 4) is 0 Å². The Kier molecular flexibility index (Phi) is 3.18. The largest absolute Gasteiger partial charge is 0.449 e. The SMILES string of the molecule is FC(F)(F)c1ncc(CC2CCNCC2)[nH]1. The van der Waals surface area contributed by atoms with E-state index in [2.05, 4.69) is 15.3 Å². The predicted molar refractivity (Wildman–Crippen MR) is 52.9 cm³/mol. The number of nitrogens with one attached hydrogen (secondary N) is 2. The fourth-order valence-electron chi connectivity index (χ4n) is 2.00. The highest BCUT2D eigenvalue weighted by atomic mass is 19.4. The third-order valence-electron chi connectivity index (χ3n) is 2.86. The zero-order valence-electron chi connectivity index (χ0n) is 8.77. The van der Waals surface area contributed by atoms with Crippen molar-refractivity contribution in [3.63, 3.8) is 0 Å². The maximum Gasteiger partial charge on any atom is 0.449 e. The topological polar surface area (TPSA) is 40.7 Å². The molecule has 0 radical (unpaired) electrons. The van der Waals surface area contributed by atoms with Gasteiger partial charge in [0.25, 0.3) is 0 Å². The van der Waals surface area contributed by atoms with Crippen molar-refractivity contribution in [2.45, 2.75) is 25.4 Å². The van der Waals surface area contributed by atoms with Crippen molar-refractivity contribution >= 4 is 0 Å². The predicted octanol–water partition coefficient (Wildman–Crippen LogP) is 1.97. The lowest BCUT2D eigenvalue weighted by molar-refractivity contribution is -0.144. The lowest BCUT2D eigenvalue weighted by Crippen LogP contribution is -2.28. The van der Waals surface area contributed by atoms with Gasteiger partial charge >= 0.3 is 6.18 Å². The van der Waals surface area contributed by atoms with Gasteiger partial charge in [-0.3, -0.25) is 0 Å². The summed E-state index contributed by atoms with van der Waals surface area (Å²) in [5, 5.41) is 3.22. The van der Waals surface area contributed by atoms with Crippen LogP contribution in [0.15, 0.2) is 6.20 Å². The van der Waals surface area contributed by atoms with Crippen LogP contribution in [0.1, 0.15) is 24.4 Å². The molecule has 0 bridgehead atoms. The number of hydrogen-bond acceptors (Lipinski definition) is 2. The molecule has 1 aliphatic rings. The Labute approximate surface area is 91.5 Å². The molecule has 2 N–H and O–H groups in total. The molecule has 0 amide bonds. The molecular formula is C10H14F3N3. The van der Waals surface area contributed by atoms with E-state index in [0.717, 1.165) is 25.9 Å². The molecule has 0 spiro atoms. The molecule has 1 saturated heterocycles. The molecule has 2 rings (SSSR count). The van der Waals surface area contributed by atoms with E-state index in [-0.39, 0.29) is 0 Å². The molecule has 3 nitrogen and oxygen atoms in total. The van der Waals surface area contributed by atoms with Crippen molar-refractivity contribution in [1.82, 2.24) is 15.3 Å². The first-order chi connectivity index (χ1) is 7.55. The molecule has 0 atom stereocenters. The van der Waals surface area contributed by atoms with Crippen LogP contribution >= 0.6 is 0 Å². The van der Waals surface area contributed by atoms with E-state index < -0.39 is 12.0 Å². The lowest BCUT2D eigenvalue weighted by Gasteiger charge is -2.21. The summed E-state index contributed by atoms with van der Waals surface area (Å²) < 4.78 is 36.8. The summed E-state index contributed by atoms with van der Waals surface area (Å²) in [4.78, 5) is 5.70. The molecule has 0 aliphatic carbocycles. The van der Waals surface area contributed by atoms with E-state index in [1.54, 1.807) is 0 Å². The van der Waals surface area contributed by atoms with Gasteiger partial charge in [0.05, 0.1) is 0 Å². The number of alkyl halides is 3. The van der Waals surface area contributed by atoms with Crippen molar-refractivity contribution in [3.05, 3.63) is 17.7 Å². The highest BCUT2D eigenvalue weighted by Gasteiger charge is 2.34. The molecule has 1 fully saturated rings. The van der Waals surface area contributed by atoms with E-state index >= 15 is 0 Å². The number of hydrogen-bond donors (Lipinski definition) is 2. The summed E-state index contributed by atoms with van der Waals surface area (Å²) in [6, 6.07) is 0. The highest BCUT2D eigenvalue weighted by molar-refractivity contribution is 5.05. The summed E-state index contributed by atoms with van der Waals surface area (Å²) in [6.45, 7) is 1.90. The smallest absolute Gasteiger partial charge is 0.338 e. The quantitative estimate of drug-likeness (QED) is 0.820. The van der Waals surface area contributed by atoms with Crippen LogP contribution in [0.2, 0.25) is 0 Å². The number of nitrogens with zero attached hydrogens (tertiary/aromatic N) is 1. The molecule has 1 aromatic rings. The normalized spacial score (nSPS) is 18.9. The first-order valence-electron chi connectivity index (χ1n) is 5.37. The second kappa shape index (κ2) is 4.45. The van der Waals surface area contributed by atoms with Gasteiger partial charge < -0.3 is 10.3 Å². The van der Waals surface area contributed by atoms with Gasteiger partial charge in [-0.1, -0.05) is 0 Å². The van der Waals surface area contributed by atoms with Gasteiger partial charge in [-0.25, -0.2) is 4.98 Å². The van der Waals surface area contributed by atoms with Gasteiger partial charge in [-0.2, -0.15) is 13.2 Å². The van der Waals surface area contributed by atoms with Crippen LogP contribution in [0.4, 0.5) is 13.2 Å². The van der Waals surface area contributed by atoms with E-state index in [1.807, 2.05) is 0 Å². The molecule has 16 heavy (non-hydrogen) atoms. The molecule has 1 aliphatic heterocycles. The summed E-state index contributed by atoms with van der Waals surface area (Å²) in [6.07, 6.45) is -0.386. The average molecular weight is 233 g/mol. The zero-order chi connectivity index (χ0) is 11.6. The van der Waals surface area contributed by atoms with Gasteiger partial charge in [0, 0.05) is 11.9 Å². The van der Waals surface area contributed by atoms with Crippen molar-refractivity contribution in [1.29, 1.82) is 0 Å². The average Bonchev–Trinajstić information content (AvgIpc) is 2.67. The van der Waals surface area contributed by atoms with E-state index in [9.17, 15) is 13.2 Å². The fraction of sp³-hybridized carbons (Fsp3) is 0.700. The van der Waals surface area contributed by atoms with Crippen LogP contribution in [0, 0.1) is 5.92 Å². The number of piperidine rings is 1. The van der Waals surface area contributed by atoms with Crippen LogP contribution in [-0.2, 0) is 12.6 Å². The second-order valence-electron chi connectivity index (χ2n) is 4.15. The van der Waals surface area contributed by atoms with E-state index in [1.165, 1.54) is 6.20 Å². The van der Waals surface area contributed by atoms with Crippen molar-refractivity contribution < 1.29 is 13.2 Å². The molecule has 6 heteroatoms. The minimum absolute atomic E-state index is 0.461. The Morgan fingerprint density at radius 3 is 2.56 bits per heavy atom. The van der Waals surface area contributed by atoms with Gasteiger partial charge in [-0.05, 0) is 38.3 Å². The molecular weight excluding hydrogens is 219 g/mol. The number of imidazole rings is 1. The molecule has 1 aromatic heterocycles. The van der Waals surface area contributed by atoms with Gasteiger partial charge in [0.1, 0.15) is 0 Å². The molecule has 0 aromatic carbocycles. The van der Waals surface area contributed by atoms with Crippen LogP contribution in [0.3, 0.4) is 0 Å². The van der Waals surface area contributed by atoms with Crippen LogP contribution in [0.25, 0.3) is 0 Å². The monoisotopic (exact) mass is 233 g/mol. The third kappa shape index (κ3) is 2.75. The maximum atomic E-state index is 12.3. The van der Waals surface area contributed by atoms with Crippen molar-refractivity contribution in [2.24, 2.45) is 5.92 Å². The number of halogens is 3. The third-order valence-corrected chi connectivity index (χ3v) is 2.86. The number of aromatic amines is 1. The van der Waals surface area contributed by atoms with Crippen LogP contribution < -0.4 is 5.32 Å². The first-order valence-corrected chi connectivity index (χ1v) is 5.37. The fourth-order valence-corrected chi connectivity index (χ4v) is 2.00. The highest BCUT2D eigenvalue weighted by Crippen LogP contribution is 2.27. The summed E-state index contributed by atoms with van der Waals surface area (Å²) in [5.41, 5.74) is 0.583. The molecule has 0 unspecified atom stereocenters. The number of H-pyrrole nitrogens is 1. The summed E-state index contributed by atoms with van der Waals surface area (Å²) in [5.74, 6) is -0.431. The number of rotatable bonds is 2. The Morgan fingerprint density at radius 1 is 1.31 bits per heavy atom. The standard InChI is InChI=1S/C10H14F3N3/c11-10(12,13)9-15-6-8(16-9)5-7-1-3-14-4-2-7/h6-7,14H,1-5H2,(H,15,16). The first kappa shape index (κ1) is 11.4.